The van der Waals surface area contributed by atoms with E-state index >= 15 is 0 Å². The lowest BCUT2D eigenvalue weighted by Gasteiger charge is -2.15. The summed E-state index contributed by atoms with van der Waals surface area (Å²) in [7, 11) is 2.73. The first-order chi connectivity index (χ1) is 9.10. The molecule has 1 aromatic heterocycles. The fraction of sp³-hybridized carbons (Fsp3) is 0.417. The first-order valence-electron chi connectivity index (χ1n) is 5.57. The highest BCUT2D eigenvalue weighted by atomic mass is 16.5. The summed E-state index contributed by atoms with van der Waals surface area (Å²) in [6.07, 6.45) is 1.76. The number of carbonyl (C=O) groups is 2. The van der Waals surface area contributed by atoms with Crippen LogP contribution in [0.15, 0.2) is 18.3 Å². The van der Waals surface area contributed by atoms with Crippen LogP contribution in [0.3, 0.4) is 0 Å². The van der Waals surface area contributed by atoms with Gasteiger partial charge in [0.25, 0.3) is 0 Å². The molecule has 1 amide bonds. The lowest BCUT2D eigenvalue weighted by molar-refractivity contribution is -0.145. The van der Waals surface area contributed by atoms with E-state index in [0.29, 0.717) is 5.88 Å². The van der Waals surface area contributed by atoms with Crippen LogP contribution in [0.25, 0.3) is 0 Å². The molecular formula is C12H16N2O5. The third kappa shape index (κ3) is 4.55. The number of esters is 1. The second kappa shape index (κ2) is 7.32. The van der Waals surface area contributed by atoms with Crippen molar-refractivity contribution < 1.29 is 24.2 Å². The summed E-state index contributed by atoms with van der Waals surface area (Å²) in [6.45, 7) is -0.686. The van der Waals surface area contributed by atoms with Gasteiger partial charge in [0.15, 0.2) is 0 Å². The topological polar surface area (TPSA) is 97.8 Å². The van der Waals surface area contributed by atoms with Crippen molar-refractivity contribution >= 4 is 11.9 Å². The number of carbonyl (C=O) groups excluding carboxylic acids is 2. The number of aromatic nitrogens is 1. The molecule has 0 unspecified atom stereocenters. The molecule has 7 nitrogen and oxygen atoms in total. The lowest BCUT2D eigenvalue weighted by Crippen LogP contribution is -2.44. The van der Waals surface area contributed by atoms with Gasteiger partial charge >= 0.3 is 5.97 Å². The van der Waals surface area contributed by atoms with Gasteiger partial charge in [-0.3, -0.25) is 4.79 Å². The van der Waals surface area contributed by atoms with E-state index < -0.39 is 24.5 Å². The Morgan fingerprint density at radius 3 is 2.63 bits per heavy atom. The number of pyridine rings is 1. The summed E-state index contributed by atoms with van der Waals surface area (Å²) in [4.78, 5) is 26.7. The van der Waals surface area contributed by atoms with Crippen LogP contribution in [-0.4, -0.2) is 48.8 Å². The fourth-order valence-corrected chi connectivity index (χ4v) is 1.46. The number of aliphatic hydroxyl groups is 1. The minimum absolute atomic E-state index is 0.218. The molecule has 104 valence electrons. The molecule has 1 aromatic rings. The minimum atomic E-state index is -0.861. The Hall–Kier alpha value is -2.15. The van der Waals surface area contributed by atoms with E-state index in [-0.39, 0.29) is 6.42 Å². The number of nitrogens with one attached hydrogen (secondary N) is 1. The highest BCUT2D eigenvalue weighted by Gasteiger charge is 2.21. The predicted octanol–water partition coefficient (Wildman–Crippen LogP) is -0.717. The van der Waals surface area contributed by atoms with Crippen LogP contribution in [-0.2, 0) is 20.7 Å². The molecular weight excluding hydrogens is 252 g/mol. The van der Waals surface area contributed by atoms with Crippen LogP contribution in [0.1, 0.15) is 5.56 Å². The van der Waals surface area contributed by atoms with Crippen molar-refractivity contribution in [3.05, 3.63) is 23.9 Å². The second-order valence-corrected chi connectivity index (χ2v) is 3.71. The smallest absolute Gasteiger partial charge is 0.328 e. The van der Waals surface area contributed by atoms with Crippen molar-refractivity contribution in [2.24, 2.45) is 0 Å². The summed E-state index contributed by atoms with van der Waals surface area (Å²) in [6, 6.07) is 2.52. The van der Waals surface area contributed by atoms with Crippen molar-refractivity contribution in [1.29, 1.82) is 0 Å². The number of hydrogen-bond acceptors (Lipinski definition) is 6. The van der Waals surface area contributed by atoms with Gasteiger partial charge in [-0.25, -0.2) is 9.78 Å². The SMILES string of the molecule is COC(=O)[C@H](Cc1ccc(OC)nc1)NC(=O)CO. The standard InChI is InChI=1S/C12H16N2O5/c1-18-11-4-3-8(6-13-11)5-9(12(17)19-2)14-10(16)7-15/h3-4,6,9,15H,5,7H2,1-2H3,(H,14,16)/t9-/m0/s1. The van der Waals surface area contributed by atoms with E-state index in [1.54, 1.807) is 18.3 Å². The summed E-state index contributed by atoms with van der Waals surface area (Å²) in [5.41, 5.74) is 0.731. The molecule has 0 aliphatic rings. The lowest BCUT2D eigenvalue weighted by atomic mass is 10.1. The molecule has 0 saturated heterocycles. The Kier molecular flexibility index (Phi) is 5.74. The van der Waals surface area contributed by atoms with Crippen LogP contribution in [0.2, 0.25) is 0 Å². The largest absolute Gasteiger partial charge is 0.481 e. The average molecular weight is 268 g/mol. The molecule has 0 bridgehead atoms. The molecule has 0 aliphatic carbocycles. The first-order valence-corrected chi connectivity index (χ1v) is 5.57. The van der Waals surface area contributed by atoms with E-state index in [9.17, 15) is 9.59 Å². The number of ether oxygens (including phenoxy) is 2. The molecule has 1 atom stereocenters. The van der Waals surface area contributed by atoms with E-state index in [1.165, 1.54) is 14.2 Å². The molecule has 0 radical (unpaired) electrons. The summed E-state index contributed by atoms with van der Waals surface area (Å²) < 4.78 is 9.51. The number of rotatable bonds is 6. The van der Waals surface area contributed by atoms with E-state index in [1.807, 2.05) is 0 Å². The molecule has 2 N–H and O–H groups in total. The number of aliphatic hydroxyl groups excluding tert-OH is 1. The van der Waals surface area contributed by atoms with Crippen molar-refractivity contribution in [2.45, 2.75) is 12.5 Å². The monoisotopic (exact) mass is 268 g/mol. The highest BCUT2D eigenvalue weighted by Crippen LogP contribution is 2.09. The van der Waals surface area contributed by atoms with Gasteiger partial charge in [0.05, 0.1) is 14.2 Å². The minimum Gasteiger partial charge on any atom is -0.481 e. The zero-order chi connectivity index (χ0) is 14.3. The Morgan fingerprint density at radius 1 is 1.42 bits per heavy atom. The van der Waals surface area contributed by atoms with Crippen molar-refractivity contribution in [3.8, 4) is 5.88 Å². The Bertz CT molecular complexity index is 432. The summed E-state index contributed by atoms with van der Waals surface area (Å²) in [5.74, 6) is -0.771. The zero-order valence-corrected chi connectivity index (χ0v) is 10.8. The number of amides is 1. The van der Waals surface area contributed by atoms with Gasteiger partial charge in [-0.1, -0.05) is 6.07 Å². The maximum Gasteiger partial charge on any atom is 0.328 e. The third-order valence-corrected chi connectivity index (χ3v) is 2.41. The first kappa shape index (κ1) is 14.9. The number of nitrogens with zero attached hydrogens (tertiary/aromatic N) is 1. The molecule has 0 fully saturated rings. The van der Waals surface area contributed by atoms with Crippen molar-refractivity contribution in [3.63, 3.8) is 0 Å². The number of hydrogen-bond donors (Lipinski definition) is 2. The van der Waals surface area contributed by atoms with Crippen LogP contribution in [0, 0.1) is 0 Å². The van der Waals surface area contributed by atoms with E-state index in [2.05, 4.69) is 15.0 Å². The normalized spacial score (nSPS) is 11.5. The summed E-state index contributed by atoms with van der Waals surface area (Å²) in [5, 5.41) is 11.1. The van der Waals surface area contributed by atoms with Crippen molar-refractivity contribution in [2.75, 3.05) is 20.8 Å². The summed E-state index contributed by atoms with van der Waals surface area (Å²) >= 11 is 0. The fourth-order valence-electron chi connectivity index (χ4n) is 1.46. The molecule has 19 heavy (non-hydrogen) atoms. The van der Waals surface area contributed by atoms with Gasteiger partial charge in [0, 0.05) is 18.7 Å². The zero-order valence-electron chi connectivity index (χ0n) is 10.8. The maximum absolute atomic E-state index is 11.5. The number of methoxy groups -OCH3 is 2. The Morgan fingerprint density at radius 2 is 2.16 bits per heavy atom. The quantitative estimate of drug-likeness (QED) is 0.661. The average Bonchev–Trinajstić information content (AvgIpc) is 2.46. The van der Waals surface area contributed by atoms with Crippen molar-refractivity contribution in [1.82, 2.24) is 10.3 Å². The molecule has 1 rings (SSSR count). The Labute approximate surface area is 110 Å². The molecule has 0 saturated carbocycles. The maximum atomic E-state index is 11.5. The molecule has 7 heteroatoms. The van der Waals surface area contributed by atoms with Gasteiger partial charge in [-0.15, -0.1) is 0 Å². The molecule has 0 aromatic carbocycles. The van der Waals surface area contributed by atoms with Crippen LogP contribution in [0.4, 0.5) is 0 Å². The molecule has 0 spiro atoms. The van der Waals surface area contributed by atoms with Crippen LogP contribution >= 0.6 is 0 Å². The van der Waals surface area contributed by atoms with Gasteiger partial charge in [0.1, 0.15) is 12.6 Å². The van der Waals surface area contributed by atoms with Gasteiger partial charge in [-0.2, -0.15) is 0 Å². The third-order valence-electron chi connectivity index (χ3n) is 2.41. The highest BCUT2D eigenvalue weighted by molar-refractivity contribution is 5.85. The van der Waals surface area contributed by atoms with Gasteiger partial charge < -0.3 is 19.9 Å². The van der Waals surface area contributed by atoms with E-state index in [4.69, 9.17) is 9.84 Å². The predicted molar refractivity (Wildman–Crippen MR) is 65.5 cm³/mol. The van der Waals surface area contributed by atoms with Gasteiger partial charge in [0.2, 0.25) is 11.8 Å². The van der Waals surface area contributed by atoms with Crippen LogP contribution < -0.4 is 10.1 Å². The second-order valence-electron chi connectivity index (χ2n) is 3.71. The molecule has 0 aliphatic heterocycles. The Balaban J connectivity index is 2.75. The van der Waals surface area contributed by atoms with Gasteiger partial charge in [-0.05, 0) is 5.56 Å². The van der Waals surface area contributed by atoms with E-state index in [0.717, 1.165) is 5.56 Å². The molecule has 1 heterocycles. The van der Waals surface area contributed by atoms with Crippen LogP contribution in [0.5, 0.6) is 5.88 Å².